The van der Waals surface area contributed by atoms with Crippen molar-refractivity contribution in [3.05, 3.63) is 35.4 Å². The van der Waals surface area contributed by atoms with Gasteiger partial charge in [-0.15, -0.1) is 0 Å². The Morgan fingerprint density at radius 2 is 1.62 bits per heavy atom. The molecular weight excluding hydrogens is 272 g/mol. The summed E-state index contributed by atoms with van der Waals surface area (Å²) in [5.41, 5.74) is 0.651. The minimum atomic E-state index is -0.523. The van der Waals surface area contributed by atoms with Crippen molar-refractivity contribution in [3.63, 3.8) is 0 Å². The van der Waals surface area contributed by atoms with Crippen LogP contribution in [0.3, 0.4) is 0 Å². The van der Waals surface area contributed by atoms with Crippen molar-refractivity contribution in [1.82, 2.24) is 15.1 Å². The number of nitrogens with one attached hydrogen (secondary N) is 1. The molecule has 1 N–H and O–H groups in total. The smallest absolute Gasteiger partial charge is 0.126 e. The highest BCUT2D eigenvalue weighted by Crippen LogP contribution is 2.16. The number of halogens is 2. The second-order valence-electron chi connectivity index (χ2n) is 6.10. The van der Waals surface area contributed by atoms with Crippen LogP contribution < -0.4 is 5.32 Å². The average molecular weight is 297 g/mol. The molecule has 21 heavy (non-hydrogen) atoms. The minimum absolute atomic E-state index is 0.0716. The zero-order valence-corrected chi connectivity index (χ0v) is 13.1. The molecule has 118 valence electrons. The predicted molar refractivity (Wildman–Crippen MR) is 81.3 cm³/mol. The Morgan fingerprint density at radius 1 is 1.05 bits per heavy atom. The molecule has 1 aliphatic heterocycles. The van der Waals surface area contributed by atoms with Crippen LogP contribution in [0.1, 0.15) is 25.5 Å². The van der Waals surface area contributed by atoms with E-state index >= 15 is 0 Å². The normalized spacial score (nSPS) is 20.4. The van der Waals surface area contributed by atoms with Crippen molar-refractivity contribution >= 4 is 0 Å². The first-order chi connectivity index (χ1) is 9.94. The Balaban J connectivity index is 1.85. The summed E-state index contributed by atoms with van der Waals surface area (Å²) in [6, 6.07) is 3.89. The van der Waals surface area contributed by atoms with Crippen molar-refractivity contribution in [2.24, 2.45) is 0 Å². The van der Waals surface area contributed by atoms with Gasteiger partial charge in [0.1, 0.15) is 11.6 Å². The van der Waals surface area contributed by atoms with Gasteiger partial charge in [-0.1, -0.05) is 0 Å². The number of nitrogens with zero attached hydrogens (tertiary/aromatic N) is 2. The van der Waals surface area contributed by atoms with E-state index < -0.39 is 11.6 Å². The highest BCUT2D eigenvalue weighted by molar-refractivity contribution is 5.21. The Kier molecular flexibility index (Phi) is 5.67. The highest BCUT2D eigenvalue weighted by atomic mass is 19.1. The quantitative estimate of drug-likeness (QED) is 0.899. The number of hydrogen-bond donors (Lipinski definition) is 1. The molecule has 2 rings (SSSR count). The molecule has 1 heterocycles. The molecule has 0 aliphatic carbocycles. The molecule has 1 aromatic rings. The van der Waals surface area contributed by atoms with Crippen LogP contribution in [0.2, 0.25) is 0 Å². The van der Waals surface area contributed by atoms with Crippen LogP contribution in [-0.4, -0.2) is 55.6 Å². The van der Waals surface area contributed by atoms with Gasteiger partial charge in [0, 0.05) is 50.9 Å². The molecule has 5 heteroatoms. The van der Waals surface area contributed by atoms with Gasteiger partial charge >= 0.3 is 0 Å². The third-order valence-electron chi connectivity index (χ3n) is 4.05. The van der Waals surface area contributed by atoms with E-state index in [-0.39, 0.29) is 12.1 Å². The summed E-state index contributed by atoms with van der Waals surface area (Å²) in [5, 5.41) is 3.42. The Labute approximate surface area is 125 Å². The van der Waals surface area contributed by atoms with Gasteiger partial charge in [0.15, 0.2) is 0 Å². The van der Waals surface area contributed by atoms with E-state index in [1.165, 1.54) is 12.1 Å². The summed E-state index contributed by atoms with van der Waals surface area (Å²) in [6.45, 7) is 9.35. The summed E-state index contributed by atoms with van der Waals surface area (Å²) >= 11 is 0. The van der Waals surface area contributed by atoms with E-state index in [1.807, 2.05) is 6.92 Å². The molecule has 0 radical (unpaired) electrons. The molecule has 0 bridgehead atoms. The first-order valence-corrected chi connectivity index (χ1v) is 7.57. The summed E-state index contributed by atoms with van der Waals surface area (Å²) in [5.74, 6) is -1.05. The molecule has 1 saturated heterocycles. The minimum Gasteiger partial charge on any atom is -0.306 e. The molecule has 0 amide bonds. The lowest BCUT2D eigenvalue weighted by molar-refractivity contribution is 0.142. The predicted octanol–water partition coefficient (Wildman–Crippen LogP) is 2.25. The van der Waals surface area contributed by atoms with Gasteiger partial charge in [0.25, 0.3) is 0 Å². The van der Waals surface area contributed by atoms with E-state index in [1.54, 1.807) is 0 Å². The second kappa shape index (κ2) is 7.29. The van der Waals surface area contributed by atoms with E-state index in [9.17, 15) is 8.78 Å². The summed E-state index contributed by atoms with van der Waals surface area (Å²) < 4.78 is 26.5. The van der Waals surface area contributed by atoms with E-state index in [2.05, 4.69) is 29.1 Å². The van der Waals surface area contributed by atoms with Gasteiger partial charge in [0.2, 0.25) is 0 Å². The second-order valence-corrected chi connectivity index (χ2v) is 6.10. The number of hydrogen-bond acceptors (Lipinski definition) is 3. The van der Waals surface area contributed by atoms with Crippen LogP contribution in [-0.2, 0) is 0 Å². The van der Waals surface area contributed by atoms with Crippen LogP contribution >= 0.6 is 0 Å². The Bertz CT molecular complexity index is 439. The SMILES string of the molecule is CC(CN1CCN(C)CC1)NC(C)c1cc(F)cc(F)c1. The van der Waals surface area contributed by atoms with Gasteiger partial charge in [-0.3, -0.25) is 4.90 Å². The molecule has 0 spiro atoms. The fourth-order valence-corrected chi connectivity index (χ4v) is 2.82. The third-order valence-corrected chi connectivity index (χ3v) is 4.05. The van der Waals surface area contributed by atoms with Crippen LogP contribution in [0, 0.1) is 11.6 Å². The molecule has 1 fully saturated rings. The average Bonchev–Trinajstić information content (AvgIpc) is 2.40. The molecular formula is C16H25F2N3. The summed E-state index contributed by atoms with van der Waals surface area (Å²) in [6.07, 6.45) is 0. The van der Waals surface area contributed by atoms with E-state index in [0.29, 0.717) is 5.56 Å². The lowest BCUT2D eigenvalue weighted by Crippen LogP contribution is -2.49. The Hall–Kier alpha value is -1.04. The zero-order chi connectivity index (χ0) is 15.4. The van der Waals surface area contributed by atoms with Crippen molar-refractivity contribution in [2.75, 3.05) is 39.8 Å². The molecule has 2 atom stereocenters. The van der Waals surface area contributed by atoms with Crippen molar-refractivity contribution in [3.8, 4) is 0 Å². The molecule has 3 nitrogen and oxygen atoms in total. The van der Waals surface area contributed by atoms with Gasteiger partial charge in [-0.05, 0) is 38.6 Å². The van der Waals surface area contributed by atoms with Crippen LogP contribution in [0.5, 0.6) is 0 Å². The monoisotopic (exact) mass is 297 g/mol. The maximum atomic E-state index is 13.3. The molecule has 0 saturated carbocycles. The van der Waals surface area contributed by atoms with E-state index in [0.717, 1.165) is 38.8 Å². The molecule has 1 aliphatic rings. The topological polar surface area (TPSA) is 18.5 Å². The third kappa shape index (κ3) is 5.02. The van der Waals surface area contributed by atoms with Crippen molar-refractivity contribution in [1.29, 1.82) is 0 Å². The zero-order valence-electron chi connectivity index (χ0n) is 13.1. The van der Waals surface area contributed by atoms with Crippen molar-refractivity contribution < 1.29 is 8.78 Å². The van der Waals surface area contributed by atoms with Gasteiger partial charge < -0.3 is 10.2 Å². The fourth-order valence-electron chi connectivity index (χ4n) is 2.82. The molecule has 2 unspecified atom stereocenters. The fraction of sp³-hybridized carbons (Fsp3) is 0.625. The number of benzene rings is 1. The first kappa shape index (κ1) is 16.3. The molecule has 0 aromatic heterocycles. The standard InChI is InChI=1S/C16H25F2N3/c1-12(11-21-6-4-20(3)5-7-21)19-13(2)14-8-15(17)10-16(18)9-14/h8-10,12-13,19H,4-7,11H2,1-3H3. The maximum absolute atomic E-state index is 13.3. The number of piperazine rings is 1. The number of rotatable bonds is 5. The summed E-state index contributed by atoms with van der Waals surface area (Å²) in [7, 11) is 2.14. The summed E-state index contributed by atoms with van der Waals surface area (Å²) in [4.78, 5) is 4.75. The molecule has 1 aromatic carbocycles. The van der Waals surface area contributed by atoms with E-state index in [4.69, 9.17) is 0 Å². The highest BCUT2D eigenvalue weighted by Gasteiger charge is 2.17. The lowest BCUT2D eigenvalue weighted by atomic mass is 10.1. The largest absolute Gasteiger partial charge is 0.306 e. The van der Waals surface area contributed by atoms with Crippen LogP contribution in [0.15, 0.2) is 18.2 Å². The van der Waals surface area contributed by atoms with Crippen molar-refractivity contribution in [2.45, 2.75) is 25.9 Å². The van der Waals surface area contributed by atoms with Crippen LogP contribution in [0.25, 0.3) is 0 Å². The van der Waals surface area contributed by atoms with Gasteiger partial charge in [-0.25, -0.2) is 8.78 Å². The Morgan fingerprint density at radius 3 is 2.19 bits per heavy atom. The van der Waals surface area contributed by atoms with Crippen LogP contribution in [0.4, 0.5) is 8.78 Å². The first-order valence-electron chi connectivity index (χ1n) is 7.57. The lowest BCUT2D eigenvalue weighted by Gasteiger charge is -2.34. The maximum Gasteiger partial charge on any atom is 0.126 e. The van der Waals surface area contributed by atoms with Gasteiger partial charge in [-0.2, -0.15) is 0 Å². The van der Waals surface area contributed by atoms with Gasteiger partial charge in [0.05, 0.1) is 0 Å². The number of likely N-dealkylation sites (N-methyl/N-ethyl adjacent to an activating group) is 1.